The predicted molar refractivity (Wildman–Crippen MR) is 79.5 cm³/mol. The van der Waals surface area contributed by atoms with Crippen LogP contribution in [-0.4, -0.2) is 48.6 Å². The van der Waals surface area contributed by atoms with Crippen molar-refractivity contribution in [3.05, 3.63) is 11.1 Å². The van der Waals surface area contributed by atoms with Crippen LogP contribution in [0, 0.1) is 0 Å². The van der Waals surface area contributed by atoms with Gasteiger partial charge in [-0.3, -0.25) is 9.69 Å². The summed E-state index contributed by atoms with van der Waals surface area (Å²) in [6.07, 6.45) is 4.61. The van der Waals surface area contributed by atoms with Crippen molar-refractivity contribution in [2.45, 2.75) is 31.9 Å². The van der Waals surface area contributed by atoms with Crippen LogP contribution in [0.25, 0.3) is 0 Å². The van der Waals surface area contributed by atoms with Gasteiger partial charge in [0.05, 0.1) is 12.7 Å². The van der Waals surface area contributed by atoms with Gasteiger partial charge in [-0.15, -0.1) is 11.3 Å². The first-order valence-corrected chi connectivity index (χ1v) is 7.73. The molecule has 112 valence electrons. The van der Waals surface area contributed by atoms with Crippen LogP contribution in [0.4, 0.5) is 5.13 Å². The highest BCUT2D eigenvalue weighted by molar-refractivity contribution is 7.15. The Bertz CT molecular complexity index is 430. The number of anilines is 1. The third-order valence-electron chi connectivity index (χ3n) is 3.45. The van der Waals surface area contributed by atoms with Crippen LogP contribution < -0.4 is 11.1 Å². The van der Waals surface area contributed by atoms with Gasteiger partial charge in [-0.25, -0.2) is 4.98 Å². The Morgan fingerprint density at radius 1 is 1.60 bits per heavy atom. The van der Waals surface area contributed by atoms with E-state index in [1.807, 2.05) is 6.20 Å². The van der Waals surface area contributed by atoms with Crippen molar-refractivity contribution in [1.29, 1.82) is 0 Å². The summed E-state index contributed by atoms with van der Waals surface area (Å²) in [7, 11) is 1.65. The van der Waals surface area contributed by atoms with E-state index in [1.165, 1.54) is 4.88 Å². The number of hydrogen-bond donors (Lipinski definition) is 2. The zero-order valence-corrected chi connectivity index (χ0v) is 12.6. The maximum atomic E-state index is 11.1. The van der Waals surface area contributed by atoms with E-state index in [4.69, 9.17) is 10.5 Å². The number of nitrogen functional groups attached to an aromatic ring is 1. The maximum Gasteiger partial charge on any atom is 0.222 e. The van der Waals surface area contributed by atoms with Gasteiger partial charge in [0.2, 0.25) is 5.91 Å². The molecular formula is C13H22N4O2S. The molecule has 0 aliphatic carbocycles. The minimum atomic E-state index is 0.0326. The van der Waals surface area contributed by atoms with Crippen LogP contribution in [0.15, 0.2) is 6.20 Å². The number of nitrogens with one attached hydrogen (secondary N) is 1. The minimum absolute atomic E-state index is 0.0326. The lowest BCUT2D eigenvalue weighted by atomic mass is 10.1. The molecule has 1 aromatic rings. The minimum Gasteiger partial charge on any atom is -0.378 e. The number of nitrogens with two attached hydrogens (primary N) is 1. The molecule has 1 aromatic heterocycles. The van der Waals surface area contributed by atoms with Crippen molar-refractivity contribution in [2.75, 3.05) is 32.5 Å². The highest BCUT2D eigenvalue weighted by Crippen LogP contribution is 2.20. The normalized spacial score (nSPS) is 17.2. The number of likely N-dealkylation sites (tertiary alicyclic amines) is 1. The first-order valence-electron chi connectivity index (χ1n) is 6.92. The van der Waals surface area contributed by atoms with Crippen LogP contribution in [0.1, 0.15) is 24.1 Å². The van der Waals surface area contributed by atoms with Gasteiger partial charge in [0.1, 0.15) is 0 Å². The molecule has 3 N–H and O–H groups in total. The van der Waals surface area contributed by atoms with Gasteiger partial charge in [-0.2, -0.15) is 0 Å². The Balaban J connectivity index is 1.63. The molecule has 1 aliphatic heterocycles. The van der Waals surface area contributed by atoms with Gasteiger partial charge >= 0.3 is 0 Å². The Labute approximate surface area is 123 Å². The number of aromatic nitrogens is 1. The second-order valence-corrected chi connectivity index (χ2v) is 6.08. The number of amides is 1. The number of hydrogen-bond acceptors (Lipinski definition) is 6. The Kier molecular flexibility index (Phi) is 5.75. The number of thiazole rings is 1. The van der Waals surface area contributed by atoms with Gasteiger partial charge in [0.25, 0.3) is 0 Å². The molecule has 1 aliphatic rings. The van der Waals surface area contributed by atoms with Crippen LogP contribution in [-0.2, 0) is 16.1 Å². The lowest BCUT2D eigenvalue weighted by molar-refractivity contribution is -0.122. The largest absolute Gasteiger partial charge is 0.378 e. The van der Waals surface area contributed by atoms with Crippen molar-refractivity contribution in [2.24, 2.45) is 0 Å². The second-order valence-electron chi connectivity index (χ2n) is 4.93. The molecule has 2 rings (SSSR count). The fourth-order valence-corrected chi connectivity index (χ4v) is 3.02. The summed E-state index contributed by atoms with van der Waals surface area (Å²) in [4.78, 5) is 18.8. The average molecular weight is 298 g/mol. The molecule has 1 amide bonds. The number of piperidine rings is 1. The van der Waals surface area contributed by atoms with Crippen LogP contribution in [0.2, 0.25) is 0 Å². The average Bonchev–Trinajstić information content (AvgIpc) is 2.86. The first-order chi connectivity index (χ1) is 9.67. The van der Waals surface area contributed by atoms with E-state index in [9.17, 15) is 4.79 Å². The molecule has 0 radical (unpaired) electrons. The number of nitrogens with zero attached hydrogens (tertiary/aromatic N) is 2. The summed E-state index contributed by atoms with van der Waals surface area (Å²) in [6.45, 7) is 3.46. The molecule has 0 atom stereocenters. The predicted octanol–water partition coefficient (Wildman–Crippen LogP) is 0.842. The van der Waals surface area contributed by atoms with E-state index < -0.39 is 0 Å². The highest BCUT2D eigenvalue weighted by Gasteiger charge is 2.20. The first kappa shape index (κ1) is 15.2. The molecule has 1 saturated heterocycles. The van der Waals surface area contributed by atoms with Gasteiger partial charge in [0, 0.05) is 44.2 Å². The zero-order valence-electron chi connectivity index (χ0n) is 11.8. The number of ether oxygens (including phenoxy) is 1. The van der Waals surface area contributed by atoms with Crippen molar-refractivity contribution in [3.8, 4) is 0 Å². The third kappa shape index (κ3) is 4.73. The third-order valence-corrected chi connectivity index (χ3v) is 4.26. The molecular weight excluding hydrogens is 276 g/mol. The van der Waals surface area contributed by atoms with Gasteiger partial charge in [-0.1, -0.05) is 0 Å². The van der Waals surface area contributed by atoms with Crippen molar-refractivity contribution < 1.29 is 9.53 Å². The van der Waals surface area contributed by atoms with Gasteiger partial charge in [0.15, 0.2) is 5.13 Å². The fraction of sp³-hybridized carbons (Fsp3) is 0.692. The lowest BCUT2D eigenvalue weighted by Crippen LogP contribution is -2.36. The molecule has 6 nitrogen and oxygen atoms in total. The van der Waals surface area contributed by atoms with Crippen LogP contribution >= 0.6 is 11.3 Å². The van der Waals surface area contributed by atoms with Crippen LogP contribution in [0.3, 0.4) is 0 Å². The Hall–Kier alpha value is -1.18. The van der Waals surface area contributed by atoms with E-state index in [1.54, 1.807) is 18.4 Å². The fourth-order valence-electron chi connectivity index (χ4n) is 2.29. The quantitative estimate of drug-likeness (QED) is 0.813. The monoisotopic (exact) mass is 298 g/mol. The summed E-state index contributed by atoms with van der Waals surface area (Å²) < 4.78 is 5.74. The lowest BCUT2D eigenvalue weighted by Gasteiger charge is -2.31. The number of carbonyl (C=O) groups is 1. The standard InChI is InChI=1S/C13H22N4O2S/c1-15-12(18)4-7-19-10-2-5-17(6-3-10)9-11-8-16-13(14)20-11/h8,10H,2-7,9H2,1H3,(H2,14,16)(H,15,18). The molecule has 20 heavy (non-hydrogen) atoms. The van der Waals surface area contributed by atoms with E-state index in [-0.39, 0.29) is 12.0 Å². The van der Waals surface area contributed by atoms with E-state index in [0.717, 1.165) is 32.5 Å². The molecule has 0 bridgehead atoms. The summed E-state index contributed by atoms with van der Waals surface area (Å²) >= 11 is 1.55. The Morgan fingerprint density at radius 3 is 2.95 bits per heavy atom. The molecule has 0 unspecified atom stereocenters. The topological polar surface area (TPSA) is 80.5 Å². The molecule has 2 heterocycles. The SMILES string of the molecule is CNC(=O)CCOC1CCN(Cc2cnc(N)s2)CC1. The summed E-state index contributed by atoms with van der Waals surface area (Å²) in [5.74, 6) is 0.0326. The second kappa shape index (κ2) is 7.56. The highest BCUT2D eigenvalue weighted by atomic mass is 32.1. The molecule has 0 spiro atoms. The van der Waals surface area contributed by atoms with E-state index in [2.05, 4.69) is 15.2 Å². The van der Waals surface area contributed by atoms with Gasteiger partial charge in [-0.05, 0) is 12.8 Å². The molecule has 1 fully saturated rings. The van der Waals surface area contributed by atoms with Crippen molar-refractivity contribution in [1.82, 2.24) is 15.2 Å². The molecule has 7 heteroatoms. The molecule has 0 saturated carbocycles. The van der Waals surface area contributed by atoms with Gasteiger partial charge < -0.3 is 15.8 Å². The van der Waals surface area contributed by atoms with Crippen molar-refractivity contribution in [3.63, 3.8) is 0 Å². The van der Waals surface area contributed by atoms with Crippen LogP contribution in [0.5, 0.6) is 0 Å². The Morgan fingerprint density at radius 2 is 2.35 bits per heavy atom. The smallest absolute Gasteiger partial charge is 0.222 e. The van der Waals surface area contributed by atoms with E-state index >= 15 is 0 Å². The zero-order chi connectivity index (χ0) is 14.4. The number of rotatable bonds is 6. The summed E-state index contributed by atoms with van der Waals surface area (Å²) in [5.41, 5.74) is 5.63. The van der Waals surface area contributed by atoms with E-state index in [0.29, 0.717) is 18.2 Å². The van der Waals surface area contributed by atoms with Crippen molar-refractivity contribution >= 4 is 22.4 Å². The number of carbonyl (C=O) groups excluding carboxylic acids is 1. The summed E-state index contributed by atoms with van der Waals surface area (Å²) in [6, 6.07) is 0. The molecule has 0 aromatic carbocycles. The maximum absolute atomic E-state index is 11.1. The summed E-state index contributed by atoms with van der Waals surface area (Å²) in [5, 5.41) is 3.23.